The van der Waals surface area contributed by atoms with E-state index >= 15 is 0 Å². The number of hydrogen-bond acceptors (Lipinski definition) is 3. The molecule has 3 unspecified atom stereocenters. The number of rotatable bonds is 5. The molecule has 15 heavy (non-hydrogen) atoms. The molecule has 1 aliphatic rings. The molecule has 0 aromatic rings. The molecule has 4 heteroatoms. The molecule has 4 N–H and O–H groups in total. The summed E-state index contributed by atoms with van der Waals surface area (Å²) in [5.74, 6) is 0.305. The zero-order valence-corrected chi connectivity index (χ0v) is 9.41. The van der Waals surface area contributed by atoms with E-state index in [0.717, 1.165) is 25.7 Å². The van der Waals surface area contributed by atoms with Gasteiger partial charge in [0.1, 0.15) is 0 Å². The van der Waals surface area contributed by atoms with Crippen LogP contribution in [0.3, 0.4) is 0 Å². The molecule has 0 spiro atoms. The maximum Gasteiger partial charge on any atom is 0.223 e. The van der Waals surface area contributed by atoms with Crippen molar-refractivity contribution in [2.45, 2.75) is 38.6 Å². The predicted octanol–water partition coefficient (Wildman–Crippen LogP) is 0.249. The van der Waals surface area contributed by atoms with Crippen molar-refractivity contribution in [3.8, 4) is 0 Å². The lowest BCUT2D eigenvalue weighted by Crippen LogP contribution is -2.41. The monoisotopic (exact) mass is 214 g/mol. The van der Waals surface area contributed by atoms with Crippen LogP contribution in [0.2, 0.25) is 0 Å². The van der Waals surface area contributed by atoms with E-state index in [2.05, 4.69) is 5.32 Å². The van der Waals surface area contributed by atoms with Crippen molar-refractivity contribution < 1.29 is 9.90 Å². The Hall–Kier alpha value is -0.610. The molecule has 1 amide bonds. The largest absolute Gasteiger partial charge is 0.396 e. The quantitative estimate of drug-likeness (QED) is 0.614. The second kappa shape index (κ2) is 6.08. The van der Waals surface area contributed by atoms with Crippen LogP contribution in [-0.4, -0.2) is 30.2 Å². The predicted molar refractivity (Wildman–Crippen MR) is 59.2 cm³/mol. The van der Waals surface area contributed by atoms with Crippen LogP contribution < -0.4 is 11.1 Å². The topological polar surface area (TPSA) is 75.4 Å². The maximum atomic E-state index is 11.7. The molecule has 1 aliphatic carbocycles. The number of aliphatic hydroxyl groups excluding tert-OH is 1. The van der Waals surface area contributed by atoms with E-state index in [0.29, 0.717) is 6.54 Å². The highest BCUT2D eigenvalue weighted by Gasteiger charge is 2.28. The molecule has 1 rings (SSSR count). The molecule has 1 fully saturated rings. The molecule has 0 aromatic heterocycles. The molecule has 0 bridgehead atoms. The summed E-state index contributed by atoms with van der Waals surface area (Å²) in [7, 11) is 0. The highest BCUT2D eigenvalue weighted by atomic mass is 16.3. The van der Waals surface area contributed by atoms with Gasteiger partial charge in [-0.25, -0.2) is 0 Å². The van der Waals surface area contributed by atoms with Crippen LogP contribution in [0.1, 0.15) is 32.6 Å². The van der Waals surface area contributed by atoms with Gasteiger partial charge in [-0.05, 0) is 25.8 Å². The van der Waals surface area contributed by atoms with Crippen molar-refractivity contribution >= 4 is 5.91 Å². The fourth-order valence-electron chi connectivity index (χ4n) is 2.15. The molecule has 3 atom stereocenters. The van der Waals surface area contributed by atoms with Gasteiger partial charge in [0.05, 0.1) is 0 Å². The molecule has 1 saturated carbocycles. The van der Waals surface area contributed by atoms with Gasteiger partial charge in [0.2, 0.25) is 5.91 Å². The normalized spacial score (nSPS) is 27.7. The zero-order valence-electron chi connectivity index (χ0n) is 9.41. The summed E-state index contributed by atoms with van der Waals surface area (Å²) in [6, 6.07) is 0.169. The van der Waals surface area contributed by atoms with Gasteiger partial charge in [0.25, 0.3) is 0 Å². The van der Waals surface area contributed by atoms with Crippen LogP contribution in [0.5, 0.6) is 0 Å². The molecule has 0 radical (unpaired) electrons. The van der Waals surface area contributed by atoms with Crippen molar-refractivity contribution in [2.75, 3.05) is 13.2 Å². The van der Waals surface area contributed by atoms with Crippen LogP contribution in [0, 0.1) is 11.8 Å². The van der Waals surface area contributed by atoms with E-state index in [9.17, 15) is 4.79 Å². The minimum Gasteiger partial charge on any atom is -0.396 e. The van der Waals surface area contributed by atoms with Crippen LogP contribution in [-0.2, 0) is 4.79 Å². The molecule has 0 aliphatic heterocycles. The molecular weight excluding hydrogens is 192 g/mol. The number of carbonyl (C=O) groups is 1. The van der Waals surface area contributed by atoms with Gasteiger partial charge in [-0.1, -0.05) is 13.3 Å². The lowest BCUT2D eigenvalue weighted by Gasteiger charge is -2.21. The van der Waals surface area contributed by atoms with E-state index in [-0.39, 0.29) is 30.4 Å². The summed E-state index contributed by atoms with van der Waals surface area (Å²) in [6.45, 7) is 2.62. The molecule has 0 aromatic carbocycles. The minimum absolute atomic E-state index is 0.0186. The number of amides is 1. The third kappa shape index (κ3) is 3.47. The van der Waals surface area contributed by atoms with Crippen molar-refractivity contribution in [2.24, 2.45) is 17.6 Å². The zero-order chi connectivity index (χ0) is 11.3. The summed E-state index contributed by atoms with van der Waals surface area (Å²) in [5, 5.41) is 12.1. The maximum absolute atomic E-state index is 11.7. The Bertz CT molecular complexity index is 209. The second-order valence-electron chi connectivity index (χ2n) is 4.47. The lowest BCUT2D eigenvalue weighted by molar-refractivity contribution is -0.125. The first kappa shape index (κ1) is 12.5. The summed E-state index contributed by atoms with van der Waals surface area (Å²) in [5.41, 5.74) is 5.41. The van der Waals surface area contributed by atoms with Gasteiger partial charge in [-0.2, -0.15) is 0 Å². The summed E-state index contributed by atoms with van der Waals surface area (Å²) in [6.07, 6.45) is 3.84. The van der Waals surface area contributed by atoms with Gasteiger partial charge in [0, 0.05) is 24.5 Å². The number of nitrogens with one attached hydrogen (secondary N) is 1. The Balaban J connectivity index is 2.36. The van der Waals surface area contributed by atoms with Gasteiger partial charge < -0.3 is 16.2 Å². The van der Waals surface area contributed by atoms with Gasteiger partial charge in [-0.3, -0.25) is 4.79 Å². The highest BCUT2D eigenvalue weighted by molar-refractivity contribution is 5.78. The fourth-order valence-corrected chi connectivity index (χ4v) is 2.15. The third-order valence-corrected chi connectivity index (χ3v) is 3.27. The number of hydrogen-bond donors (Lipinski definition) is 3. The van der Waals surface area contributed by atoms with E-state index in [1.165, 1.54) is 0 Å². The smallest absolute Gasteiger partial charge is 0.223 e. The highest BCUT2D eigenvalue weighted by Crippen LogP contribution is 2.25. The first-order valence-electron chi connectivity index (χ1n) is 5.80. The minimum atomic E-state index is -0.0186. The van der Waals surface area contributed by atoms with Gasteiger partial charge in [0.15, 0.2) is 0 Å². The summed E-state index contributed by atoms with van der Waals surface area (Å²) < 4.78 is 0. The average molecular weight is 214 g/mol. The Morgan fingerprint density at radius 1 is 1.60 bits per heavy atom. The van der Waals surface area contributed by atoms with Crippen LogP contribution in [0.4, 0.5) is 0 Å². The Morgan fingerprint density at radius 3 is 2.93 bits per heavy atom. The van der Waals surface area contributed by atoms with Crippen LogP contribution >= 0.6 is 0 Å². The van der Waals surface area contributed by atoms with Crippen molar-refractivity contribution in [3.63, 3.8) is 0 Å². The number of aliphatic hydroxyl groups is 1. The van der Waals surface area contributed by atoms with Gasteiger partial charge >= 0.3 is 0 Å². The van der Waals surface area contributed by atoms with Crippen molar-refractivity contribution in [3.05, 3.63) is 0 Å². The van der Waals surface area contributed by atoms with E-state index in [4.69, 9.17) is 10.8 Å². The van der Waals surface area contributed by atoms with E-state index < -0.39 is 0 Å². The van der Waals surface area contributed by atoms with E-state index in [1.807, 2.05) is 6.92 Å². The lowest BCUT2D eigenvalue weighted by atomic mass is 10.0. The SMILES string of the molecule is CC(CCN)C(=O)NC1CCCC1CO. The van der Waals surface area contributed by atoms with Crippen molar-refractivity contribution in [1.82, 2.24) is 5.32 Å². The molecular formula is C11H22N2O2. The van der Waals surface area contributed by atoms with E-state index in [1.54, 1.807) is 0 Å². The first-order valence-corrected chi connectivity index (χ1v) is 5.80. The fraction of sp³-hybridized carbons (Fsp3) is 0.909. The molecule has 4 nitrogen and oxygen atoms in total. The van der Waals surface area contributed by atoms with Gasteiger partial charge in [-0.15, -0.1) is 0 Å². The number of nitrogens with two attached hydrogens (primary N) is 1. The molecule has 88 valence electrons. The average Bonchev–Trinajstić information content (AvgIpc) is 2.65. The summed E-state index contributed by atoms with van der Waals surface area (Å²) >= 11 is 0. The standard InChI is InChI=1S/C11H22N2O2/c1-8(5-6-12)11(15)13-10-4-2-3-9(10)7-14/h8-10,14H,2-7,12H2,1H3,(H,13,15). The Kier molecular flexibility index (Phi) is 5.05. The first-order chi connectivity index (χ1) is 7.19. The Labute approximate surface area is 91.2 Å². The van der Waals surface area contributed by atoms with Crippen LogP contribution in [0.25, 0.3) is 0 Å². The van der Waals surface area contributed by atoms with Crippen molar-refractivity contribution in [1.29, 1.82) is 0 Å². The number of carbonyl (C=O) groups excluding carboxylic acids is 1. The second-order valence-corrected chi connectivity index (χ2v) is 4.47. The molecule has 0 saturated heterocycles. The Morgan fingerprint density at radius 2 is 2.33 bits per heavy atom. The van der Waals surface area contributed by atoms with Crippen LogP contribution in [0.15, 0.2) is 0 Å². The third-order valence-electron chi connectivity index (χ3n) is 3.27. The molecule has 0 heterocycles. The summed E-state index contributed by atoms with van der Waals surface area (Å²) in [4.78, 5) is 11.7.